The number of piperazine rings is 1. The van der Waals surface area contributed by atoms with Gasteiger partial charge in [-0.05, 0) is 54.1 Å². The van der Waals surface area contributed by atoms with E-state index in [-0.39, 0.29) is 5.91 Å². The second kappa shape index (κ2) is 12.0. The molecule has 1 fully saturated rings. The van der Waals surface area contributed by atoms with Crippen molar-refractivity contribution in [3.8, 4) is 17.2 Å². The van der Waals surface area contributed by atoms with E-state index in [1.54, 1.807) is 26.5 Å². The highest BCUT2D eigenvalue weighted by Crippen LogP contribution is 2.25. The number of methoxy groups -OCH3 is 2. The van der Waals surface area contributed by atoms with E-state index in [0.29, 0.717) is 19.7 Å². The maximum Gasteiger partial charge on any atom is 0.246 e. The second-order valence-corrected chi connectivity index (χ2v) is 8.29. The predicted molar refractivity (Wildman–Crippen MR) is 135 cm³/mol. The second-order valence-electron chi connectivity index (χ2n) is 8.29. The van der Waals surface area contributed by atoms with Gasteiger partial charge >= 0.3 is 0 Å². The maximum atomic E-state index is 12.7. The average Bonchev–Trinajstić information content (AvgIpc) is 2.92. The van der Waals surface area contributed by atoms with Crippen LogP contribution in [0.5, 0.6) is 17.2 Å². The number of rotatable bonds is 9. The lowest BCUT2D eigenvalue weighted by molar-refractivity contribution is -0.127. The predicted octanol–water partition coefficient (Wildman–Crippen LogP) is 4.04. The normalized spacial score (nSPS) is 14.2. The van der Waals surface area contributed by atoms with Gasteiger partial charge in [-0.1, -0.05) is 18.2 Å². The van der Waals surface area contributed by atoms with E-state index in [4.69, 9.17) is 14.2 Å². The third kappa shape index (κ3) is 6.83. The first kappa shape index (κ1) is 24.3. The van der Waals surface area contributed by atoms with Crippen LogP contribution in [0, 0.1) is 0 Å². The Morgan fingerprint density at radius 1 is 0.943 bits per heavy atom. The maximum absolute atomic E-state index is 12.7. The van der Waals surface area contributed by atoms with Crippen LogP contribution >= 0.6 is 0 Å². The number of hydrogen-bond donors (Lipinski definition) is 0. The Hall–Kier alpha value is -3.84. The summed E-state index contributed by atoms with van der Waals surface area (Å²) in [5.74, 6) is 2.45. The third-order valence-electron chi connectivity index (χ3n) is 5.98. The standard InChI is InChI=1S/C28H31N3O4/c1-33-26-11-12-27(34-2)23(19-26)20-30-15-17-31(18-16-30)28(32)13-8-22-6-9-25(10-7-22)35-21-24-5-3-4-14-29-24/h3-14,19H,15-18,20-21H2,1-2H3/b13-8+. The van der Waals surface area contributed by atoms with Crippen LogP contribution in [-0.2, 0) is 17.9 Å². The van der Waals surface area contributed by atoms with Gasteiger partial charge in [-0.2, -0.15) is 0 Å². The van der Waals surface area contributed by atoms with Crippen LogP contribution in [0.25, 0.3) is 6.08 Å². The highest BCUT2D eigenvalue weighted by atomic mass is 16.5. The Kier molecular flexibility index (Phi) is 8.35. The zero-order chi connectivity index (χ0) is 24.5. The summed E-state index contributed by atoms with van der Waals surface area (Å²) in [4.78, 5) is 21.2. The summed E-state index contributed by atoms with van der Waals surface area (Å²) in [7, 11) is 3.34. The number of hydrogen-bond acceptors (Lipinski definition) is 6. The molecule has 0 atom stereocenters. The minimum absolute atomic E-state index is 0.0269. The number of amides is 1. The van der Waals surface area contributed by atoms with Gasteiger partial charge in [0.25, 0.3) is 0 Å². The Morgan fingerprint density at radius 3 is 2.40 bits per heavy atom. The summed E-state index contributed by atoms with van der Waals surface area (Å²) in [5.41, 5.74) is 2.91. The third-order valence-corrected chi connectivity index (χ3v) is 5.98. The molecule has 1 aromatic heterocycles. The van der Waals surface area contributed by atoms with E-state index in [1.165, 1.54) is 0 Å². The topological polar surface area (TPSA) is 64.1 Å². The average molecular weight is 474 g/mol. The molecular weight excluding hydrogens is 442 g/mol. The van der Waals surface area contributed by atoms with Gasteiger partial charge < -0.3 is 19.1 Å². The van der Waals surface area contributed by atoms with Crippen molar-refractivity contribution in [1.29, 1.82) is 0 Å². The molecule has 3 aromatic rings. The quantitative estimate of drug-likeness (QED) is 0.437. The van der Waals surface area contributed by atoms with Crippen molar-refractivity contribution < 1.29 is 19.0 Å². The molecule has 2 heterocycles. The highest BCUT2D eigenvalue weighted by molar-refractivity contribution is 5.91. The summed E-state index contributed by atoms with van der Waals surface area (Å²) >= 11 is 0. The van der Waals surface area contributed by atoms with Crippen molar-refractivity contribution in [3.05, 3.63) is 89.8 Å². The summed E-state index contributed by atoms with van der Waals surface area (Å²) in [6.45, 7) is 4.17. The van der Waals surface area contributed by atoms with Gasteiger partial charge in [-0.25, -0.2) is 0 Å². The van der Waals surface area contributed by atoms with Crippen LogP contribution in [0.1, 0.15) is 16.8 Å². The van der Waals surface area contributed by atoms with Crippen molar-refractivity contribution in [3.63, 3.8) is 0 Å². The number of benzene rings is 2. The van der Waals surface area contributed by atoms with E-state index in [2.05, 4.69) is 9.88 Å². The molecule has 35 heavy (non-hydrogen) atoms. The minimum Gasteiger partial charge on any atom is -0.497 e. The van der Waals surface area contributed by atoms with Gasteiger partial charge in [-0.3, -0.25) is 14.7 Å². The molecule has 0 spiro atoms. The van der Waals surface area contributed by atoms with Crippen LogP contribution in [0.3, 0.4) is 0 Å². The molecule has 0 bridgehead atoms. The fourth-order valence-electron chi connectivity index (χ4n) is 3.96. The molecule has 0 saturated carbocycles. The first-order valence-electron chi connectivity index (χ1n) is 11.7. The summed E-state index contributed by atoms with van der Waals surface area (Å²) < 4.78 is 16.6. The van der Waals surface area contributed by atoms with E-state index in [1.807, 2.05) is 71.6 Å². The largest absolute Gasteiger partial charge is 0.497 e. The lowest BCUT2D eigenvalue weighted by Crippen LogP contribution is -2.47. The number of nitrogens with zero attached hydrogens (tertiary/aromatic N) is 3. The van der Waals surface area contributed by atoms with Crippen molar-refractivity contribution in [2.75, 3.05) is 40.4 Å². The molecule has 1 aliphatic rings. The Labute approximate surface area is 206 Å². The molecule has 0 aliphatic carbocycles. The lowest BCUT2D eigenvalue weighted by Gasteiger charge is -2.34. The molecule has 1 aliphatic heterocycles. The van der Waals surface area contributed by atoms with Crippen molar-refractivity contribution in [2.24, 2.45) is 0 Å². The van der Waals surface area contributed by atoms with Gasteiger partial charge in [0.05, 0.1) is 19.9 Å². The van der Waals surface area contributed by atoms with E-state index in [9.17, 15) is 4.79 Å². The molecule has 1 saturated heterocycles. The van der Waals surface area contributed by atoms with Crippen LogP contribution in [0.4, 0.5) is 0 Å². The van der Waals surface area contributed by atoms with E-state index in [0.717, 1.165) is 53.7 Å². The molecule has 0 unspecified atom stereocenters. The van der Waals surface area contributed by atoms with Crippen LogP contribution < -0.4 is 14.2 Å². The molecule has 1 amide bonds. The smallest absolute Gasteiger partial charge is 0.246 e. The first-order chi connectivity index (χ1) is 17.1. The van der Waals surface area contributed by atoms with Crippen LogP contribution in [0.2, 0.25) is 0 Å². The van der Waals surface area contributed by atoms with Gasteiger partial charge in [0.15, 0.2) is 0 Å². The van der Waals surface area contributed by atoms with E-state index >= 15 is 0 Å². The van der Waals surface area contributed by atoms with Crippen LogP contribution in [0.15, 0.2) is 72.9 Å². The van der Waals surface area contributed by atoms with Crippen molar-refractivity contribution in [2.45, 2.75) is 13.2 Å². The number of aromatic nitrogens is 1. The highest BCUT2D eigenvalue weighted by Gasteiger charge is 2.20. The molecule has 4 rings (SSSR count). The Bertz CT molecular complexity index is 1120. The summed E-state index contributed by atoms with van der Waals surface area (Å²) in [6, 6.07) is 19.3. The first-order valence-corrected chi connectivity index (χ1v) is 11.7. The number of carbonyl (C=O) groups excluding carboxylic acids is 1. The molecule has 0 radical (unpaired) electrons. The number of ether oxygens (including phenoxy) is 3. The molecular formula is C28H31N3O4. The lowest BCUT2D eigenvalue weighted by atomic mass is 10.1. The SMILES string of the molecule is COc1ccc(OC)c(CN2CCN(C(=O)/C=C/c3ccc(OCc4ccccn4)cc3)CC2)c1. The molecule has 7 heteroatoms. The van der Waals surface area contributed by atoms with Gasteiger partial charge in [-0.15, -0.1) is 0 Å². The minimum atomic E-state index is 0.0269. The summed E-state index contributed by atoms with van der Waals surface area (Å²) in [5, 5.41) is 0. The Balaban J connectivity index is 1.25. The van der Waals surface area contributed by atoms with E-state index < -0.39 is 0 Å². The van der Waals surface area contributed by atoms with Gasteiger partial charge in [0.2, 0.25) is 5.91 Å². The molecule has 182 valence electrons. The summed E-state index contributed by atoms with van der Waals surface area (Å²) in [6.07, 6.45) is 5.24. The monoisotopic (exact) mass is 473 g/mol. The Morgan fingerprint density at radius 2 is 1.71 bits per heavy atom. The molecule has 0 N–H and O–H groups in total. The number of pyridine rings is 1. The van der Waals surface area contributed by atoms with Gasteiger partial charge in [0.1, 0.15) is 23.9 Å². The zero-order valence-electron chi connectivity index (χ0n) is 20.2. The fourth-order valence-corrected chi connectivity index (χ4v) is 3.96. The molecule has 7 nitrogen and oxygen atoms in total. The molecule has 2 aromatic carbocycles. The van der Waals surface area contributed by atoms with Crippen molar-refractivity contribution in [1.82, 2.24) is 14.8 Å². The zero-order valence-corrected chi connectivity index (χ0v) is 20.2. The van der Waals surface area contributed by atoms with Gasteiger partial charge in [0, 0.05) is 50.6 Å². The number of carbonyl (C=O) groups is 1. The van der Waals surface area contributed by atoms with Crippen molar-refractivity contribution >= 4 is 12.0 Å². The fraction of sp³-hybridized carbons (Fsp3) is 0.286. The van der Waals surface area contributed by atoms with Crippen LogP contribution in [-0.4, -0.2) is 61.1 Å².